The Hall–Kier alpha value is -2.44. The van der Waals surface area contributed by atoms with E-state index in [0.29, 0.717) is 37.4 Å². The monoisotopic (exact) mass is 373 g/mol. The zero-order valence-electron chi connectivity index (χ0n) is 13.9. The summed E-state index contributed by atoms with van der Waals surface area (Å²) in [6, 6.07) is 6.70. The summed E-state index contributed by atoms with van der Waals surface area (Å²) in [5.74, 6) is -0.343. The molecule has 128 valence electrons. The van der Waals surface area contributed by atoms with Crippen molar-refractivity contribution in [2.24, 2.45) is 0 Å². The minimum Gasteiger partial charge on any atom is -0.397 e. The number of halogens is 1. The molecule has 0 saturated carbocycles. The number of Topliss-reactive ketones (excluding diaryl/α,β-unsaturated/α-hetero) is 1. The SMILES string of the molecule is CC(=O)c1ccc(NC(=O)c2sc3nc(C)c(Cl)c(C)c3c2N)cc1. The number of fused-ring (bicyclic) bond motifs is 1. The normalized spacial score (nSPS) is 10.9. The summed E-state index contributed by atoms with van der Waals surface area (Å²) in [4.78, 5) is 29.4. The molecule has 7 heteroatoms. The number of pyridine rings is 1. The third kappa shape index (κ3) is 3.10. The third-order valence-corrected chi connectivity index (χ3v) is 5.63. The van der Waals surface area contributed by atoms with Gasteiger partial charge in [0.2, 0.25) is 0 Å². The molecule has 0 saturated heterocycles. The number of aryl methyl sites for hydroxylation is 2. The fourth-order valence-corrected chi connectivity index (χ4v) is 3.83. The number of hydrogen-bond acceptors (Lipinski definition) is 5. The van der Waals surface area contributed by atoms with Gasteiger partial charge in [0, 0.05) is 16.6 Å². The average molecular weight is 374 g/mol. The molecule has 3 aromatic rings. The van der Waals surface area contributed by atoms with Gasteiger partial charge >= 0.3 is 0 Å². The van der Waals surface area contributed by atoms with E-state index >= 15 is 0 Å². The van der Waals surface area contributed by atoms with Crippen molar-refractivity contribution in [3.05, 3.63) is 51.0 Å². The van der Waals surface area contributed by atoms with Gasteiger partial charge in [0.15, 0.2) is 5.78 Å². The van der Waals surface area contributed by atoms with Crippen LogP contribution in [0.5, 0.6) is 0 Å². The van der Waals surface area contributed by atoms with Gasteiger partial charge in [-0.3, -0.25) is 9.59 Å². The van der Waals surface area contributed by atoms with Crippen LogP contribution in [-0.2, 0) is 0 Å². The molecule has 0 aliphatic carbocycles. The minimum atomic E-state index is -0.316. The van der Waals surface area contributed by atoms with E-state index in [2.05, 4.69) is 10.3 Å². The summed E-state index contributed by atoms with van der Waals surface area (Å²) in [6.45, 7) is 5.18. The van der Waals surface area contributed by atoms with E-state index in [4.69, 9.17) is 17.3 Å². The van der Waals surface area contributed by atoms with E-state index in [1.54, 1.807) is 24.3 Å². The maximum absolute atomic E-state index is 12.6. The molecular formula is C18H16ClN3O2S. The molecule has 0 bridgehead atoms. The second-order valence-corrected chi connectivity index (χ2v) is 7.13. The number of amides is 1. The van der Waals surface area contributed by atoms with Gasteiger partial charge in [0.05, 0.1) is 16.4 Å². The fourth-order valence-electron chi connectivity index (χ4n) is 2.60. The Balaban J connectivity index is 1.96. The van der Waals surface area contributed by atoms with Crippen LogP contribution in [0.3, 0.4) is 0 Å². The molecule has 0 aliphatic rings. The van der Waals surface area contributed by atoms with Crippen LogP contribution >= 0.6 is 22.9 Å². The number of nitrogens with one attached hydrogen (secondary N) is 1. The molecule has 2 heterocycles. The number of aromatic nitrogens is 1. The zero-order valence-corrected chi connectivity index (χ0v) is 15.5. The highest BCUT2D eigenvalue weighted by Gasteiger charge is 2.21. The molecule has 0 fully saturated rings. The first-order valence-corrected chi connectivity index (χ1v) is 8.76. The van der Waals surface area contributed by atoms with Crippen LogP contribution in [0.15, 0.2) is 24.3 Å². The van der Waals surface area contributed by atoms with Crippen LogP contribution in [0.2, 0.25) is 5.02 Å². The first-order chi connectivity index (χ1) is 11.8. The molecule has 0 spiro atoms. The Morgan fingerprint density at radius 2 is 1.84 bits per heavy atom. The Kier molecular flexibility index (Phi) is 4.49. The molecule has 5 nitrogen and oxygen atoms in total. The molecule has 3 rings (SSSR count). The highest BCUT2D eigenvalue weighted by Crippen LogP contribution is 2.38. The molecule has 0 aliphatic heterocycles. The Morgan fingerprint density at radius 1 is 1.20 bits per heavy atom. The molecule has 3 N–H and O–H groups in total. The summed E-state index contributed by atoms with van der Waals surface area (Å²) < 4.78 is 0. The Bertz CT molecular complexity index is 1010. The van der Waals surface area contributed by atoms with Gasteiger partial charge in [0.25, 0.3) is 5.91 Å². The van der Waals surface area contributed by atoms with Crippen LogP contribution in [0.4, 0.5) is 11.4 Å². The summed E-state index contributed by atoms with van der Waals surface area (Å²) >= 11 is 7.48. The Labute approximate surface area is 153 Å². The fraction of sp³-hybridized carbons (Fsp3) is 0.167. The smallest absolute Gasteiger partial charge is 0.267 e. The molecule has 0 radical (unpaired) electrons. The number of thiophene rings is 1. The number of nitrogens with zero attached hydrogens (tertiary/aromatic N) is 1. The van der Waals surface area contributed by atoms with Gasteiger partial charge in [-0.15, -0.1) is 11.3 Å². The van der Waals surface area contributed by atoms with Gasteiger partial charge in [-0.25, -0.2) is 4.98 Å². The van der Waals surface area contributed by atoms with Crippen LogP contribution in [0.1, 0.15) is 38.2 Å². The third-order valence-electron chi connectivity index (χ3n) is 3.97. The lowest BCUT2D eigenvalue weighted by molar-refractivity contribution is 0.101. The number of carbonyl (C=O) groups is 2. The van der Waals surface area contributed by atoms with E-state index in [9.17, 15) is 9.59 Å². The van der Waals surface area contributed by atoms with Crippen LogP contribution < -0.4 is 11.1 Å². The molecule has 2 aromatic heterocycles. The quantitative estimate of drug-likeness (QED) is 0.657. The van der Waals surface area contributed by atoms with Crippen molar-refractivity contribution in [2.75, 3.05) is 11.1 Å². The first kappa shape index (κ1) is 17.4. The van der Waals surface area contributed by atoms with Crippen molar-refractivity contribution >= 4 is 56.2 Å². The largest absolute Gasteiger partial charge is 0.397 e. The number of ketones is 1. The van der Waals surface area contributed by atoms with Crippen LogP contribution in [0.25, 0.3) is 10.2 Å². The van der Waals surface area contributed by atoms with Crippen molar-refractivity contribution in [1.82, 2.24) is 4.98 Å². The van der Waals surface area contributed by atoms with Gasteiger partial charge in [-0.1, -0.05) is 11.6 Å². The predicted octanol–water partition coefficient (Wildman–Crippen LogP) is 4.60. The number of hydrogen-bond donors (Lipinski definition) is 2. The van der Waals surface area contributed by atoms with Crippen molar-refractivity contribution in [3.8, 4) is 0 Å². The van der Waals surface area contributed by atoms with E-state index in [1.807, 2.05) is 13.8 Å². The number of nitrogen functional groups attached to an aromatic ring is 1. The number of rotatable bonds is 3. The average Bonchev–Trinajstić information content (AvgIpc) is 2.90. The lowest BCUT2D eigenvalue weighted by atomic mass is 10.1. The highest BCUT2D eigenvalue weighted by atomic mass is 35.5. The lowest BCUT2D eigenvalue weighted by Crippen LogP contribution is -2.12. The summed E-state index contributed by atoms with van der Waals surface area (Å²) in [6.07, 6.45) is 0. The van der Waals surface area contributed by atoms with E-state index < -0.39 is 0 Å². The van der Waals surface area contributed by atoms with Gasteiger partial charge < -0.3 is 11.1 Å². The van der Waals surface area contributed by atoms with Crippen molar-refractivity contribution in [2.45, 2.75) is 20.8 Å². The van der Waals surface area contributed by atoms with Gasteiger partial charge in [-0.2, -0.15) is 0 Å². The van der Waals surface area contributed by atoms with E-state index in [-0.39, 0.29) is 11.7 Å². The van der Waals surface area contributed by atoms with Gasteiger partial charge in [0.1, 0.15) is 9.71 Å². The number of anilines is 2. The second-order valence-electron chi connectivity index (χ2n) is 5.75. The second kappa shape index (κ2) is 6.46. The lowest BCUT2D eigenvalue weighted by Gasteiger charge is -2.06. The van der Waals surface area contributed by atoms with Crippen LogP contribution in [0, 0.1) is 13.8 Å². The topological polar surface area (TPSA) is 85.1 Å². The number of nitrogens with two attached hydrogens (primary N) is 1. The first-order valence-electron chi connectivity index (χ1n) is 7.56. The highest BCUT2D eigenvalue weighted by molar-refractivity contribution is 7.21. The summed E-state index contributed by atoms with van der Waals surface area (Å²) in [5, 5.41) is 4.07. The maximum Gasteiger partial charge on any atom is 0.267 e. The van der Waals surface area contributed by atoms with Gasteiger partial charge in [-0.05, 0) is 50.6 Å². The van der Waals surface area contributed by atoms with E-state index in [0.717, 1.165) is 10.9 Å². The Morgan fingerprint density at radius 3 is 2.44 bits per heavy atom. The molecular weight excluding hydrogens is 358 g/mol. The molecule has 1 amide bonds. The molecule has 25 heavy (non-hydrogen) atoms. The van der Waals surface area contributed by atoms with E-state index in [1.165, 1.54) is 18.3 Å². The van der Waals surface area contributed by atoms with Crippen molar-refractivity contribution in [1.29, 1.82) is 0 Å². The maximum atomic E-state index is 12.6. The number of carbonyl (C=O) groups excluding carboxylic acids is 2. The predicted molar refractivity (Wildman–Crippen MR) is 103 cm³/mol. The van der Waals surface area contributed by atoms with Crippen LogP contribution in [-0.4, -0.2) is 16.7 Å². The molecule has 1 aromatic carbocycles. The summed E-state index contributed by atoms with van der Waals surface area (Å²) in [7, 11) is 0. The van der Waals surface area contributed by atoms with Crippen molar-refractivity contribution in [3.63, 3.8) is 0 Å². The zero-order chi connectivity index (χ0) is 18.3. The minimum absolute atomic E-state index is 0.0274. The molecule has 0 atom stereocenters. The standard InChI is InChI=1S/C18H16ClN3O2S/c1-8-13-15(20)16(25-18(13)21-9(2)14(8)19)17(24)22-12-6-4-11(5-7-12)10(3)23/h4-7H,20H2,1-3H3,(H,22,24). The molecule has 0 unspecified atom stereocenters. The van der Waals surface area contributed by atoms with Crippen molar-refractivity contribution < 1.29 is 9.59 Å². The summed E-state index contributed by atoms with van der Waals surface area (Å²) in [5.41, 5.74) is 9.27. The number of benzene rings is 1.